The Bertz CT molecular complexity index is 5140. The second kappa shape index (κ2) is 47.4. The molecule has 5 aliphatic heterocycles. The molecule has 14 atom stereocenters. The standard InChI is InChI=1S/C88H114ClF2N17O26S/c1-45-14-11-19-63(131-8)88(129)40-61(132-85(128)104-88)46(2)75-86(4,134-75)64(38-68(112)106(6)59-33-49(32-45)34-60(130-7)73(59)89)133-83(127)47(3)105(5)67(111)27-31-135-62-37-69(113)107(81(62)124)43-48-20-22-50(23-21-48)76(119)96-28-10-9-16-56(82(125)126)102-80(123)58(36-72(117)118)103-78(121)55(18-13-29-97-84(93)94)101-79(122)57(35-71(115)116)100-66(110)25-24-65(109)99-54-17-12-15-52-53(26-30-95-74(52)54)77(120)98-42-70(114)108-44-87(90,91)39-51(108)41-92/h11-12,14-15,17,19,26,30,33-34,46-48,50-51,55-58,61-64,75,129H,9-10,13,16,18,20-25,27-29,31-32,35-40,42-44H2,1-8H3,(H,96,119)(H,98,120)(H,99,109)(H,100,110)(H,101,122)(H,102,123)(H,103,121)(H,104,128)(H,115,116)(H,117,118)(H,125,126)(H4,93,94,97)/b19-11-,45-14+/t46-,47?,48?,50?,51+,55-,56-,57-,58-,61+,62?,63-,64-,75?,86+,88+/m1/s1. The number of fused-ring (bicyclic) bond motifs is 6. The number of methoxy groups -OCH3 is 2. The molecule has 43 nitrogen and oxygen atoms in total. The summed E-state index contributed by atoms with van der Waals surface area (Å²) in [5.41, 5.74) is 3.96. The molecule has 4 bridgehead atoms. The third-order valence-corrected chi connectivity index (χ3v) is 26.1. The highest BCUT2D eigenvalue weighted by Crippen LogP contribution is 2.50. The van der Waals surface area contributed by atoms with Crippen LogP contribution in [-0.4, -0.2) is 297 Å². The molecule has 47 heteroatoms. The van der Waals surface area contributed by atoms with Crippen LogP contribution < -0.4 is 63.2 Å². The van der Waals surface area contributed by atoms with Crippen molar-refractivity contribution < 1.29 is 134 Å². The van der Waals surface area contributed by atoms with Crippen molar-refractivity contribution in [1.82, 2.24) is 62.2 Å². The van der Waals surface area contributed by atoms with Crippen LogP contribution in [0.2, 0.25) is 5.02 Å². The number of alkyl halides is 2. The molecule has 1 aliphatic carbocycles. The molecule has 0 spiro atoms. The number of rotatable bonds is 40. The number of esters is 1. The maximum absolute atomic E-state index is 14.5. The van der Waals surface area contributed by atoms with E-state index in [1.54, 1.807) is 50.3 Å². The zero-order valence-electron chi connectivity index (χ0n) is 75.6. The minimum absolute atomic E-state index is 0.0310. The Balaban J connectivity index is 0.705. The van der Waals surface area contributed by atoms with Crippen LogP contribution >= 0.6 is 23.4 Å². The minimum Gasteiger partial charge on any atom is -0.495 e. The molecule has 0 radical (unpaired) electrons. The number of epoxide rings is 1. The first-order chi connectivity index (χ1) is 63.8. The van der Waals surface area contributed by atoms with E-state index in [0.29, 0.717) is 42.7 Å². The first-order valence-electron chi connectivity index (χ1n) is 43.8. The fraction of sp³-hybridized carbons (Fsp3) is 0.568. The van der Waals surface area contributed by atoms with Gasteiger partial charge >= 0.3 is 30.0 Å². The van der Waals surface area contributed by atoms with Crippen LogP contribution in [0.15, 0.2) is 66.4 Å². The minimum atomic E-state index is -3.30. The molecule has 13 amide bonds. The highest BCUT2D eigenvalue weighted by atomic mass is 35.5. The first-order valence-corrected chi connectivity index (χ1v) is 45.3. The number of unbranched alkanes of at least 4 members (excludes halogenated alkanes) is 1. The van der Waals surface area contributed by atoms with Gasteiger partial charge in [0.15, 0.2) is 11.7 Å². The van der Waals surface area contributed by atoms with E-state index in [4.69, 9.17) is 46.4 Å². The summed E-state index contributed by atoms with van der Waals surface area (Å²) in [5, 5.41) is 79.6. The number of alkyl carbamates (subject to hydrolysis) is 1. The van der Waals surface area contributed by atoms with Crippen LogP contribution in [0.5, 0.6) is 5.75 Å². The summed E-state index contributed by atoms with van der Waals surface area (Å²) >= 11 is 7.96. The molecule has 135 heavy (non-hydrogen) atoms. The Labute approximate surface area is 783 Å². The molecule has 9 rings (SSSR count). The van der Waals surface area contributed by atoms with Gasteiger partial charge in [-0.05, 0) is 121 Å². The number of nitriles is 1. The Hall–Kier alpha value is -12.7. The molecule has 734 valence electrons. The third-order valence-electron chi connectivity index (χ3n) is 24.5. The van der Waals surface area contributed by atoms with Crippen molar-refractivity contribution in [1.29, 1.82) is 10.7 Å². The lowest BCUT2D eigenvalue weighted by molar-refractivity contribution is -0.162. The second-order valence-corrected chi connectivity index (χ2v) is 36.1. The molecule has 6 aliphatic rings. The topological polar surface area (TPSA) is 628 Å². The number of guanidine groups is 1. The van der Waals surface area contributed by atoms with Crippen molar-refractivity contribution >= 4 is 152 Å². The van der Waals surface area contributed by atoms with Crippen molar-refractivity contribution in [2.24, 2.45) is 23.5 Å². The number of likely N-dealkylation sites (N-methyl/N-ethyl adjacent to an activating group) is 1. The molecule has 1 saturated carbocycles. The number of aliphatic carboxylic acids is 3. The first kappa shape index (κ1) is 106. The Kier molecular flexibility index (Phi) is 37.2. The smallest absolute Gasteiger partial charge is 0.409 e. The van der Waals surface area contributed by atoms with E-state index >= 15 is 0 Å². The maximum Gasteiger partial charge on any atom is 0.409 e. The van der Waals surface area contributed by atoms with Crippen molar-refractivity contribution in [3.63, 3.8) is 0 Å². The average molecular weight is 1930 g/mol. The summed E-state index contributed by atoms with van der Waals surface area (Å²) in [7, 11) is 5.72. The van der Waals surface area contributed by atoms with E-state index < -0.39 is 248 Å². The van der Waals surface area contributed by atoms with Gasteiger partial charge in [-0.2, -0.15) is 5.26 Å². The SMILES string of the molecule is COc1cc2cc(c1Cl)N(C)C(=O)C[C@@H](OC(=O)C(C)N(C)C(=O)CCSC1CC(=O)N(CC3CCC(C(=O)NCCCC[C@@H](NC(=O)[C@@H](CC(=O)O)NC(=O)[C@@H](CCCNC(=N)N)NC(=O)[C@@H](CC(=O)O)NC(=O)CCC(=O)Nc4cccc5c(C(=O)NCC(=O)N6CC(F)(F)C[C@H]6C#N)ccnc45)C(=O)O)CC3)C1=O)[C@]1(C)OC1[C@H](C)[C@@H]1C[C@@](O)(NC(=O)O1)[C@H](OC)/C=C\C=C(/C)C2. The molecule has 5 fully saturated rings. The van der Waals surface area contributed by atoms with Crippen molar-refractivity contribution in [3.05, 3.63) is 82.5 Å². The molecule has 3 unspecified atom stereocenters. The number of hydrogen-bond acceptors (Lipinski definition) is 27. The lowest BCUT2D eigenvalue weighted by atomic mass is 9.81. The predicted octanol–water partition coefficient (Wildman–Crippen LogP) is 2.55. The van der Waals surface area contributed by atoms with Crippen LogP contribution in [-0.2, 0) is 97.3 Å². The van der Waals surface area contributed by atoms with Gasteiger partial charge < -0.3 is 107 Å². The van der Waals surface area contributed by atoms with Crippen molar-refractivity contribution in [2.45, 2.75) is 233 Å². The molecule has 2 aromatic carbocycles. The molecule has 1 aromatic heterocycles. The third kappa shape index (κ3) is 28.7. The van der Waals surface area contributed by atoms with E-state index in [2.05, 4.69) is 52.8 Å². The largest absolute Gasteiger partial charge is 0.495 e. The lowest BCUT2D eigenvalue weighted by Gasteiger charge is -2.42. The summed E-state index contributed by atoms with van der Waals surface area (Å²) in [6, 6.07) is 0.643. The van der Waals surface area contributed by atoms with Crippen LogP contribution in [0.3, 0.4) is 0 Å². The molecule has 16 N–H and O–H groups in total. The van der Waals surface area contributed by atoms with Gasteiger partial charge in [0.1, 0.15) is 70.9 Å². The number of amides is 13. The number of carboxylic acids is 3. The van der Waals surface area contributed by atoms with Gasteiger partial charge in [-0.25, -0.2) is 23.2 Å². The summed E-state index contributed by atoms with van der Waals surface area (Å²) in [5.74, 6) is -20.1. The lowest BCUT2D eigenvalue weighted by Crippen LogP contribution is -2.63. The molecular formula is C88H114ClF2N17O26S. The van der Waals surface area contributed by atoms with Crippen LogP contribution in [0.4, 0.5) is 25.0 Å². The number of carbonyl (C=O) groups excluding carboxylic acids is 14. The van der Waals surface area contributed by atoms with Gasteiger partial charge in [-0.3, -0.25) is 87.7 Å². The molecule has 3 aromatic rings. The van der Waals surface area contributed by atoms with Crippen LogP contribution in [0.1, 0.15) is 159 Å². The van der Waals surface area contributed by atoms with E-state index in [1.807, 2.05) is 6.92 Å². The number of aromatic nitrogens is 1. The second-order valence-electron chi connectivity index (χ2n) is 34.4. The normalized spacial score (nSPS) is 24.3. The number of nitrogens with one attached hydrogen (secondary N) is 10. The highest BCUT2D eigenvalue weighted by Gasteiger charge is 2.65. The number of nitrogens with two attached hydrogens (primary N) is 1. The molecular weight excluding hydrogens is 1820 g/mol. The van der Waals surface area contributed by atoms with E-state index in [0.717, 1.165) is 22.9 Å². The number of para-hydroxylation sites is 1. The number of anilines is 2. The summed E-state index contributed by atoms with van der Waals surface area (Å²) < 4.78 is 57.5. The van der Waals surface area contributed by atoms with Crippen molar-refractivity contribution in [3.8, 4) is 11.8 Å². The predicted molar refractivity (Wildman–Crippen MR) is 477 cm³/mol. The number of hydrogen-bond donors (Lipinski definition) is 15. The number of benzene rings is 2. The number of carbonyl (C=O) groups is 17. The maximum atomic E-state index is 14.5. The Morgan fingerprint density at radius 2 is 1.49 bits per heavy atom. The average Bonchev–Trinajstić information content (AvgIpc) is 1.57. The summed E-state index contributed by atoms with van der Waals surface area (Å²) in [6.07, 6.45) is -2.39. The quantitative estimate of drug-likeness (QED) is 0.00971. The van der Waals surface area contributed by atoms with Gasteiger partial charge in [0.05, 0.1) is 79.3 Å². The number of pyridine rings is 1. The number of nitrogens with zero attached hydrogens (tertiary/aromatic N) is 6. The fourth-order valence-corrected chi connectivity index (χ4v) is 18.1. The Morgan fingerprint density at radius 3 is 2.15 bits per heavy atom. The van der Waals surface area contributed by atoms with E-state index in [-0.39, 0.29) is 122 Å². The number of allylic oxidation sites excluding steroid dienone is 3. The van der Waals surface area contributed by atoms with Gasteiger partial charge in [-0.1, -0.05) is 54.5 Å². The van der Waals surface area contributed by atoms with E-state index in [1.165, 1.54) is 80.4 Å². The van der Waals surface area contributed by atoms with E-state index in [9.17, 15) is 116 Å². The number of ether oxygens (including phenoxy) is 5. The number of imide groups is 1. The van der Waals surface area contributed by atoms with Gasteiger partial charge in [-0.15, -0.1) is 11.8 Å². The Morgan fingerprint density at radius 1 is 0.837 bits per heavy atom. The molecule has 4 saturated heterocycles. The number of carboxylic acid groups (broad SMARTS) is 3. The van der Waals surface area contributed by atoms with Crippen LogP contribution in [0.25, 0.3) is 10.9 Å². The van der Waals surface area contributed by atoms with Gasteiger partial charge in [0.25, 0.3) is 11.8 Å². The summed E-state index contributed by atoms with van der Waals surface area (Å²) in [4.78, 5) is 236. The number of halogens is 3. The zero-order valence-corrected chi connectivity index (χ0v) is 77.2. The van der Waals surface area contributed by atoms with Gasteiger partial charge in [0.2, 0.25) is 65.0 Å². The number of thioether (sulfide) groups is 1. The number of likely N-dealkylation sites (tertiary alicyclic amines) is 2. The monoisotopic (exact) mass is 1930 g/mol. The van der Waals surface area contributed by atoms with Gasteiger partial charge in [0, 0.05) is 109 Å². The fourth-order valence-electron chi connectivity index (χ4n) is 16.7. The van der Waals surface area contributed by atoms with Crippen LogP contribution in [0, 0.1) is 34.5 Å². The summed E-state index contributed by atoms with van der Waals surface area (Å²) in [6.45, 7) is 4.99. The van der Waals surface area contributed by atoms with Crippen molar-refractivity contribution in [2.75, 3.05) is 77.0 Å². The molecule has 6 heterocycles. The zero-order chi connectivity index (χ0) is 99.3. The highest BCUT2D eigenvalue weighted by molar-refractivity contribution is 8.00. The number of aliphatic hydroxyl groups is 1.